The summed E-state index contributed by atoms with van der Waals surface area (Å²) in [5.41, 5.74) is 3.54. The van der Waals surface area contributed by atoms with E-state index in [1.54, 1.807) is 0 Å². The number of halogens is 2. The Morgan fingerprint density at radius 3 is 1.95 bits per heavy atom. The van der Waals surface area contributed by atoms with Crippen molar-refractivity contribution in [1.29, 1.82) is 0 Å². The molecule has 3 heterocycles. The van der Waals surface area contributed by atoms with Crippen LogP contribution in [0.15, 0.2) is 109 Å². The van der Waals surface area contributed by atoms with E-state index in [2.05, 4.69) is 0 Å². The van der Waals surface area contributed by atoms with E-state index in [-0.39, 0.29) is 5.69 Å². The highest BCUT2D eigenvalue weighted by molar-refractivity contribution is 6.36. The summed E-state index contributed by atoms with van der Waals surface area (Å²) in [4.78, 5) is 45.6. The third-order valence-electron chi connectivity index (χ3n) is 8.20. The van der Waals surface area contributed by atoms with Gasteiger partial charge in [0.05, 0.1) is 23.6 Å². The van der Waals surface area contributed by atoms with Crippen LogP contribution in [0.5, 0.6) is 0 Å². The molecule has 0 N–H and O–H groups in total. The maximum atomic E-state index is 14.4. The summed E-state index contributed by atoms with van der Waals surface area (Å²) in [6.45, 7) is 0. The zero-order chi connectivity index (χ0) is 29.0. The third kappa shape index (κ3) is 4.30. The number of carbonyl (C=O) groups is 3. The van der Waals surface area contributed by atoms with Gasteiger partial charge in [-0.1, -0.05) is 114 Å². The fourth-order valence-electron chi connectivity index (χ4n) is 6.48. The quantitative estimate of drug-likeness (QED) is 0.190. The molecule has 0 radical (unpaired) electrons. The van der Waals surface area contributed by atoms with Crippen molar-refractivity contribution in [3.63, 3.8) is 0 Å². The molecule has 6 nitrogen and oxygen atoms in total. The van der Waals surface area contributed by atoms with Crippen LogP contribution in [0.2, 0.25) is 10.0 Å². The Bertz CT molecular complexity index is 1680. The lowest BCUT2D eigenvalue weighted by atomic mass is 9.88. The van der Waals surface area contributed by atoms with Crippen molar-refractivity contribution < 1.29 is 19.1 Å². The Labute approximate surface area is 252 Å². The van der Waals surface area contributed by atoms with Crippen molar-refractivity contribution in [1.82, 2.24) is 0 Å². The van der Waals surface area contributed by atoms with Crippen LogP contribution in [0, 0.1) is 11.8 Å². The van der Waals surface area contributed by atoms with Crippen LogP contribution in [0.1, 0.15) is 22.8 Å². The first-order valence-electron chi connectivity index (χ1n) is 13.6. The maximum absolute atomic E-state index is 14.4. The van der Waals surface area contributed by atoms with Gasteiger partial charge in [0.25, 0.3) is 0 Å². The fraction of sp³-hybridized carbons (Fsp3) is 0.147. The number of carbonyl (C=O) groups excluding carboxylic acids is 3. The lowest BCUT2D eigenvalue weighted by Gasteiger charge is -2.36. The molecule has 3 aliphatic rings. The minimum Gasteiger partial charge on any atom is -0.451 e. The molecule has 4 atom stereocenters. The second-order valence-corrected chi connectivity index (χ2v) is 11.5. The Hall–Kier alpha value is -4.39. The molecule has 0 spiro atoms. The molecule has 3 aliphatic heterocycles. The number of hydrogen-bond donors (Lipinski definition) is 0. The highest BCUT2D eigenvalue weighted by Crippen LogP contribution is 2.50. The van der Waals surface area contributed by atoms with Crippen molar-refractivity contribution in [2.45, 2.75) is 18.2 Å². The van der Waals surface area contributed by atoms with Gasteiger partial charge in [-0.15, -0.1) is 0 Å². The second kappa shape index (κ2) is 10.5. The molecule has 2 fully saturated rings. The summed E-state index contributed by atoms with van der Waals surface area (Å²) in [6.07, 6.45) is 3.14. The number of benzene rings is 4. The van der Waals surface area contributed by atoms with Crippen LogP contribution in [0.3, 0.4) is 0 Å². The SMILES string of the molecule is O=C(OC(c1ccccc1)c1ccccc1)[C@H]1[C@H]2C(=O)N(c3cc(Cl)cc(Cl)c3)C(=O)[C@@H]2[C@H]2C=Cc3ccccc3N21. The molecule has 2 amide bonds. The maximum Gasteiger partial charge on any atom is 0.330 e. The topological polar surface area (TPSA) is 66.9 Å². The first kappa shape index (κ1) is 26.5. The summed E-state index contributed by atoms with van der Waals surface area (Å²) in [5, 5.41) is 0.598. The minimum absolute atomic E-state index is 0.280. The molecule has 42 heavy (non-hydrogen) atoms. The molecule has 2 saturated heterocycles. The third-order valence-corrected chi connectivity index (χ3v) is 8.64. The fourth-order valence-corrected chi connectivity index (χ4v) is 6.99. The predicted octanol–water partition coefficient (Wildman–Crippen LogP) is 6.72. The number of esters is 1. The Morgan fingerprint density at radius 2 is 1.31 bits per heavy atom. The van der Waals surface area contributed by atoms with E-state index in [0.29, 0.717) is 10.0 Å². The summed E-state index contributed by atoms with van der Waals surface area (Å²) >= 11 is 12.5. The molecule has 7 rings (SSSR count). The average Bonchev–Trinajstić information content (AvgIpc) is 3.48. The van der Waals surface area contributed by atoms with Gasteiger partial charge in [-0.05, 0) is 41.0 Å². The van der Waals surface area contributed by atoms with Gasteiger partial charge >= 0.3 is 5.97 Å². The second-order valence-electron chi connectivity index (χ2n) is 10.6. The van der Waals surface area contributed by atoms with E-state index < -0.39 is 47.8 Å². The van der Waals surface area contributed by atoms with Crippen LogP contribution < -0.4 is 9.80 Å². The number of para-hydroxylation sites is 1. The smallest absolute Gasteiger partial charge is 0.330 e. The Balaban J connectivity index is 1.32. The van der Waals surface area contributed by atoms with Crippen molar-refractivity contribution in [3.05, 3.63) is 136 Å². The molecule has 4 aromatic rings. The summed E-state index contributed by atoms with van der Waals surface area (Å²) in [6, 6.07) is 29.6. The number of fused-ring (bicyclic) bond motifs is 5. The van der Waals surface area contributed by atoms with Gasteiger partial charge in [-0.2, -0.15) is 0 Å². The Morgan fingerprint density at radius 1 is 0.738 bits per heavy atom. The molecular formula is C34H24Cl2N2O4. The van der Waals surface area contributed by atoms with Crippen molar-refractivity contribution in [3.8, 4) is 0 Å². The van der Waals surface area contributed by atoms with Crippen molar-refractivity contribution >= 4 is 58.4 Å². The number of rotatable bonds is 5. The molecule has 4 aromatic carbocycles. The van der Waals surface area contributed by atoms with Crippen LogP contribution in [-0.4, -0.2) is 29.9 Å². The van der Waals surface area contributed by atoms with E-state index in [0.717, 1.165) is 27.3 Å². The molecule has 8 heteroatoms. The zero-order valence-corrected chi connectivity index (χ0v) is 23.7. The number of imide groups is 1. The van der Waals surface area contributed by atoms with Crippen molar-refractivity contribution in [2.24, 2.45) is 11.8 Å². The number of hydrogen-bond acceptors (Lipinski definition) is 5. The van der Waals surface area contributed by atoms with Gasteiger partial charge in [0, 0.05) is 15.7 Å². The lowest BCUT2D eigenvalue weighted by molar-refractivity contribution is -0.151. The van der Waals surface area contributed by atoms with Gasteiger partial charge in [0.1, 0.15) is 6.04 Å². The minimum atomic E-state index is -1.04. The summed E-state index contributed by atoms with van der Waals surface area (Å²) < 4.78 is 6.31. The van der Waals surface area contributed by atoms with E-state index >= 15 is 0 Å². The van der Waals surface area contributed by atoms with Crippen molar-refractivity contribution in [2.75, 3.05) is 9.80 Å². The summed E-state index contributed by atoms with van der Waals surface area (Å²) in [7, 11) is 0. The molecule has 0 aliphatic carbocycles. The molecule has 0 unspecified atom stereocenters. The largest absolute Gasteiger partial charge is 0.451 e. The van der Waals surface area contributed by atoms with Gasteiger partial charge in [0.15, 0.2) is 6.10 Å². The molecule has 0 saturated carbocycles. The van der Waals surface area contributed by atoms with Gasteiger partial charge in [0.2, 0.25) is 11.8 Å². The van der Waals surface area contributed by atoms with E-state index in [1.807, 2.05) is 102 Å². The van der Waals surface area contributed by atoms with Crippen LogP contribution >= 0.6 is 23.2 Å². The highest BCUT2D eigenvalue weighted by atomic mass is 35.5. The average molecular weight is 595 g/mol. The normalized spacial score (nSPS) is 22.3. The van der Waals surface area contributed by atoms with Gasteiger partial charge in [-0.25, -0.2) is 9.69 Å². The first-order chi connectivity index (χ1) is 20.4. The van der Waals surface area contributed by atoms with E-state index in [1.165, 1.54) is 18.2 Å². The molecule has 0 aromatic heterocycles. The number of amides is 2. The zero-order valence-electron chi connectivity index (χ0n) is 22.1. The van der Waals surface area contributed by atoms with E-state index in [9.17, 15) is 14.4 Å². The van der Waals surface area contributed by atoms with E-state index in [4.69, 9.17) is 27.9 Å². The molecular weight excluding hydrogens is 571 g/mol. The Kier molecular flexibility index (Phi) is 6.60. The van der Waals surface area contributed by atoms with Gasteiger partial charge in [-0.3, -0.25) is 9.59 Å². The number of nitrogens with zero attached hydrogens (tertiary/aromatic N) is 2. The highest BCUT2D eigenvalue weighted by Gasteiger charge is 2.65. The van der Waals surface area contributed by atoms with Crippen LogP contribution in [0.4, 0.5) is 11.4 Å². The van der Waals surface area contributed by atoms with Crippen LogP contribution in [-0.2, 0) is 19.1 Å². The molecule has 0 bridgehead atoms. The monoisotopic (exact) mass is 594 g/mol. The summed E-state index contributed by atoms with van der Waals surface area (Å²) in [5.74, 6) is -3.25. The lowest BCUT2D eigenvalue weighted by Crippen LogP contribution is -2.49. The predicted molar refractivity (Wildman–Crippen MR) is 162 cm³/mol. The number of ether oxygens (including phenoxy) is 1. The molecule has 208 valence electrons. The standard InChI is InChI=1S/C34H24Cl2N2O4/c35-23-17-24(36)19-25(18-23)37-32(39)28-27-16-15-20-9-7-8-14-26(20)38(27)30(29(28)33(37)40)34(41)42-31(21-10-3-1-4-11-21)22-12-5-2-6-13-22/h1-19,27-31H/t27-,28-,29+,30-/m1/s1. The van der Waals surface area contributed by atoms with Gasteiger partial charge < -0.3 is 9.64 Å². The first-order valence-corrected chi connectivity index (χ1v) is 14.4. The van der Waals surface area contributed by atoms with Crippen LogP contribution in [0.25, 0.3) is 6.08 Å². The number of anilines is 2.